The van der Waals surface area contributed by atoms with Crippen LogP contribution in [0.25, 0.3) is 0 Å². The highest BCUT2D eigenvalue weighted by Crippen LogP contribution is 2.22. The van der Waals surface area contributed by atoms with Crippen LogP contribution in [0.2, 0.25) is 0 Å². The first kappa shape index (κ1) is 19.9. The molecule has 21 heavy (non-hydrogen) atoms. The average molecular weight is 300 g/mol. The second-order valence-electron chi connectivity index (χ2n) is 7.11. The minimum absolute atomic E-state index is 0.0645. The molecule has 0 rings (SSSR count). The van der Waals surface area contributed by atoms with Crippen molar-refractivity contribution in [2.75, 3.05) is 6.61 Å². The number of hydrogen-bond acceptors (Lipinski definition) is 4. The van der Waals surface area contributed by atoms with Crippen LogP contribution in [-0.2, 0) is 19.1 Å². The molecule has 0 aliphatic rings. The van der Waals surface area contributed by atoms with Gasteiger partial charge in [0, 0.05) is 12.8 Å². The van der Waals surface area contributed by atoms with Gasteiger partial charge in [0.25, 0.3) is 0 Å². The van der Waals surface area contributed by atoms with Crippen molar-refractivity contribution in [3.05, 3.63) is 0 Å². The molecular weight excluding hydrogens is 268 g/mol. The molecule has 0 saturated carbocycles. The van der Waals surface area contributed by atoms with Crippen molar-refractivity contribution in [2.24, 2.45) is 11.3 Å². The summed E-state index contributed by atoms with van der Waals surface area (Å²) in [6, 6.07) is 0. The molecule has 0 heterocycles. The summed E-state index contributed by atoms with van der Waals surface area (Å²) in [4.78, 5) is 23.1. The number of ether oxygens (including phenoxy) is 2. The summed E-state index contributed by atoms with van der Waals surface area (Å²) in [7, 11) is 0. The molecule has 0 aliphatic heterocycles. The van der Waals surface area contributed by atoms with Gasteiger partial charge in [0.15, 0.2) is 0 Å². The van der Waals surface area contributed by atoms with E-state index in [9.17, 15) is 9.59 Å². The molecular formula is C17H32O4. The lowest BCUT2D eigenvalue weighted by atomic mass is 9.90. The molecule has 0 fully saturated rings. The first-order valence-corrected chi connectivity index (χ1v) is 7.98. The fourth-order valence-corrected chi connectivity index (χ4v) is 1.56. The van der Waals surface area contributed by atoms with E-state index < -0.39 is 0 Å². The Bertz CT molecular complexity index is 315. The van der Waals surface area contributed by atoms with E-state index in [0.717, 1.165) is 12.8 Å². The molecule has 0 bridgehead atoms. The van der Waals surface area contributed by atoms with Gasteiger partial charge in [0.1, 0.15) is 6.10 Å². The fraction of sp³-hybridized carbons (Fsp3) is 0.882. The van der Waals surface area contributed by atoms with Crippen molar-refractivity contribution in [1.82, 2.24) is 0 Å². The van der Waals surface area contributed by atoms with Crippen molar-refractivity contribution in [3.63, 3.8) is 0 Å². The number of hydrogen-bond donors (Lipinski definition) is 0. The highest BCUT2D eigenvalue weighted by atomic mass is 16.5. The lowest BCUT2D eigenvalue weighted by molar-refractivity contribution is -0.153. The zero-order chi connectivity index (χ0) is 16.5. The zero-order valence-corrected chi connectivity index (χ0v) is 14.5. The van der Waals surface area contributed by atoms with E-state index in [-0.39, 0.29) is 36.3 Å². The molecule has 0 aromatic heterocycles. The summed E-state index contributed by atoms with van der Waals surface area (Å²) >= 11 is 0. The highest BCUT2D eigenvalue weighted by Gasteiger charge is 2.23. The van der Waals surface area contributed by atoms with Crippen LogP contribution in [0, 0.1) is 11.3 Å². The van der Waals surface area contributed by atoms with Gasteiger partial charge in [-0.05, 0) is 37.5 Å². The summed E-state index contributed by atoms with van der Waals surface area (Å²) in [6.45, 7) is 12.7. The van der Waals surface area contributed by atoms with E-state index in [0.29, 0.717) is 18.9 Å². The molecule has 124 valence electrons. The minimum atomic E-state index is -0.245. The molecule has 0 amide bonds. The Morgan fingerprint density at radius 3 is 2.05 bits per heavy atom. The Labute approximate surface area is 129 Å². The summed E-state index contributed by atoms with van der Waals surface area (Å²) in [5, 5.41) is 0. The van der Waals surface area contributed by atoms with Gasteiger partial charge in [0.2, 0.25) is 0 Å². The summed E-state index contributed by atoms with van der Waals surface area (Å²) < 4.78 is 10.4. The van der Waals surface area contributed by atoms with Crippen molar-refractivity contribution in [1.29, 1.82) is 0 Å². The van der Waals surface area contributed by atoms with Gasteiger partial charge in [0.05, 0.1) is 6.61 Å². The highest BCUT2D eigenvalue weighted by molar-refractivity contribution is 5.72. The third kappa shape index (κ3) is 11.3. The number of carbonyl (C=O) groups excluding carboxylic acids is 2. The smallest absolute Gasteiger partial charge is 0.306 e. The largest absolute Gasteiger partial charge is 0.466 e. The van der Waals surface area contributed by atoms with Gasteiger partial charge in [-0.1, -0.05) is 34.6 Å². The SMILES string of the molecule is CC(C)CCCOC(=O)CCCC(=O)OC(C)C(C)(C)C. The second-order valence-corrected chi connectivity index (χ2v) is 7.11. The van der Waals surface area contributed by atoms with Crippen LogP contribution in [0.3, 0.4) is 0 Å². The molecule has 0 N–H and O–H groups in total. The summed E-state index contributed by atoms with van der Waals surface area (Å²) in [5.74, 6) is 0.156. The molecule has 0 radical (unpaired) electrons. The molecule has 0 aromatic carbocycles. The van der Waals surface area contributed by atoms with Crippen LogP contribution in [-0.4, -0.2) is 24.6 Å². The van der Waals surface area contributed by atoms with E-state index in [1.807, 2.05) is 27.7 Å². The third-order valence-electron chi connectivity index (χ3n) is 3.48. The molecule has 1 unspecified atom stereocenters. The molecule has 0 aromatic rings. The number of esters is 2. The van der Waals surface area contributed by atoms with Gasteiger partial charge < -0.3 is 9.47 Å². The zero-order valence-electron chi connectivity index (χ0n) is 14.5. The van der Waals surface area contributed by atoms with E-state index in [4.69, 9.17) is 9.47 Å². The Kier molecular flexibility index (Phi) is 9.31. The third-order valence-corrected chi connectivity index (χ3v) is 3.48. The Morgan fingerprint density at radius 1 is 0.952 bits per heavy atom. The molecule has 1 atom stereocenters. The number of rotatable bonds is 9. The average Bonchev–Trinajstić information content (AvgIpc) is 2.33. The summed E-state index contributed by atoms with van der Waals surface area (Å²) in [6.07, 6.45) is 2.85. The van der Waals surface area contributed by atoms with Crippen LogP contribution in [0.4, 0.5) is 0 Å². The topological polar surface area (TPSA) is 52.6 Å². The number of carbonyl (C=O) groups is 2. The molecule has 0 spiro atoms. The normalized spacial score (nSPS) is 13.1. The van der Waals surface area contributed by atoms with Crippen LogP contribution in [0.5, 0.6) is 0 Å². The molecule has 0 aliphatic carbocycles. The van der Waals surface area contributed by atoms with Gasteiger partial charge in [-0.3, -0.25) is 9.59 Å². The van der Waals surface area contributed by atoms with Gasteiger partial charge in [-0.15, -0.1) is 0 Å². The van der Waals surface area contributed by atoms with E-state index >= 15 is 0 Å². The predicted octanol–water partition coefficient (Wildman–Crippen LogP) is 4.11. The van der Waals surface area contributed by atoms with E-state index in [1.54, 1.807) is 0 Å². The molecule has 4 nitrogen and oxygen atoms in total. The van der Waals surface area contributed by atoms with E-state index in [1.165, 1.54) is 0 Å². The van der Waals surface area contributed by atoms with E-state index in [2.05, 4.69) is 13.8 Å². The van der Waals surface area contributed by atoms with Crippen molar-refractivity contribution in [3.8, 4) is 0 Å². The summed E-state index contributed by atoms with van der Waals surface area (Å²) in [5.41, 5.74) is -0.0645. The van der Waals surface area contributed by atoms with Gasteiger partial charge >= 0.3 is 11.9 Å². The van der Waals surface area contributed by atoms with Gasteiger partial charge in [-0.2, -0.15) is 0 Å². The maximum Gasteiger partial charge on any atom is 0.306 e. The van der Waals surface area contributed by atoms with Crippen LogP contribution in [0.1, 0.15) is 73.6 Å². The van der Waals surface area contributed by atoms with Crippen LogP contribution >= 0.6 is 0 Å². The minimum Gasteiger partial charge on any atom is -0.466 e. The standard InChI is InChI=1S/C17H32O4/c1-13(2)9-8-12-20-15(18)10-7-11-16(19)21-14(3)17(4,5)6/h13-14H,7-12H2,1-6H3. The van der Waals surface area contributed by atoms with Crippen molar-refractivity contribution >= 4 is 11.9 Å². The Hall–Kier alpha value is -1.06. The fourth-order valence-electron chi connectivity index (χ4n) is 1.56. The quantitative estimate of drug-likeness (QED) is 0.475. The lowest BCUT2D eigenvalue weighted by Gasteiger charge is -2.26. The molecule has 4 heteroatoms. The van der Waals surface area contributed by atoms with Crippen molar-refractivity contribution in [2.45, 2.75) is 79.8 Å². The van der Waals surface area contributed by atoms with Crippen LogP contribution in [0.15, 0.2) is 0 Å². The first-order chi connectivity index (χ1) is 9.62. The maximum atomic E-state index is 11.6. The van der Waals surface area contributed by atoms with Crippen molar-refractivity contribution < 1.29 is 19.1 Å². The second kappa shape index (κ2) is 9.80. The maximum absolute atomic E-state index is 11.6. The monoisotopic (exact) mass is 300 g/mol. The Balaban J connectivity index is 3.69. The van der Waals surface area contributed by atoms with Crippen LogP contribution < -0.4 is 0 Å². The molecule has 0 saturated heterocycles. The van der Waals surface area contributed by atoms with Gasteiger partial charge in [-0.25, -0.2) is 0 Å². The lowest BCUT2D eigenvalue weighted by Crippen LogP contribution is -2.28. The first-order valence-electron chi connectivity index (χ1n) is 7.98. The Morgan fingerprint density at radius 2 is 1.52 bits per heavy atom. The predicted molar refractivity (Wildman–Crippen MR) is 83.9 cm³/mol.